The van der Waals surface area contributed by atoms with Gasteiger partial charge in [-0.15, -0.1) is 0 Å². The van der Waals surface area contributed by atoms with Gasteiger partial charge in [-0.1, -0.05) is 13.2 Å². The minimum absolute atomic E-state index is 0.0531. The Morgan fingerprint density at radius 2 is 0.690 bits per heavy atom. The van der Waals surface area contributed by atoms with Gasteiger partial charge in [0.05, 0.1) is 0 Å². The first kappa shape index (κ1) is 43.9. The number of esters is 2. The second kappa shape index (κ2) is 16.3. The number of carbonyl (C=O) groups excluding carboxylic acids is 2. The molecule has 0 radical (unpaired) electrons. The quantitative estimate of drug-likeness (QED) is 0.0912. The Hall–Kier alpha value is -0.262. The van der Waals surface area contributed by atoms with Crippen LogP contribution in [0.2, 0.25) is 105 Å². The van der Waals surface area contributed by atoms with Crippen LogP contribution < -0.4 is 0 Å². The number of carbonyl (C=O) groups is 2. The van der Waals surface area contributed by atoms with Crippen molar-refractivity contribution in [3.8, 4) is 0 Å². The van der Waals surface area contributed by atoms with Crippen molar-refractivity contribution in [3.05, 3.63) is 24.3 Å². The van der Waals surface area contributed by atoms with Crippen molar-refractivity contribution < 1.29 is 39.6 Å². The van der Waals surface area contributed by atoms with Crippen LogP contribution in [0.4, 0.5) is 0 Å². The Morgan fingerprint density at radius 3 is 0.905 bits per heavy atom. The van der Waals surface area contributed by atoms with Crippen LogP contribution in [-0.4, -0.2) is 83.4 Å². The average Bonchev–Trinajstić information content (AvgIpc) is 2.63. The van der Waals surface area contributed by atoms with Gasteiger partial charge in [0.25, 0.3) is 0 Å². The van der Waals surface area contributed by atoms with Crippen molar-refractivity contribution in [1.82, 2.24) is 0 Å². The van der Waals surface area contributed by atoms with Crippen LogP contribution in [0, 0.1) is 0 Å². The fourth-order valence-electron chi connectivity index (χ4n) is 3.52. The molecule has 0 atom stereocenters. The van der Waals surface area contributed by atoms with Crippen LogP contribution in [0.25, 0.3) is 0 Å². The normalized spacial score (nSPS) is 13.6. The van der Waals surface area contributed by atoms with Gasteiger partial charge in [-0.3, -0.25) is 0 Å². The molecule has 0 N–H and O–H groups in total. The van der Waals surface area contributed by atoms with Gasteiger partial charge < -0.3 is 30.0 Å². The molecule has 0 unspecified atom stereocenters. The zero-order chi connectivity index (χ0) is 34.2. The van der Waals surface area contributed by atoms with Crippen molar-refractivity contribution in [2.75, 3.05) is 12.5 Å². The summed E-state index contributed by atoms with van der Waals surface area (Å²) in [6.45, 7) is 44.0. The van der Waals surface area contributed by atoms with E-state index >= 15 is 0 Å². The maximum atomic E-state index is 11.9. The first-order chi connectivity index (χ1) is 18.2. The molecular weight excluding hydrogens is 653 g/mol. The van der Waals surface area contributed by atoms with Crippen LogP contribution in [0.5, 0.6) is 0 Å². The van der Waals surface area contributed by atoms with E-state index in [1.807, 2.05) is 6.55 Å². The molecule has 0 aliphatic heterocycles. The zero-order valence-corrected chi connectivity index (χ0v) is 37.0. The molecule has 0 spiro atoms. The maximum absolute atomic E-state index is 11.9. The van der Waals surface area contributed by atoms with E-state index in [9.17, 15) is 9.59 Å². The summed E-state index contributed by atoms with van der Waals surface area (Å²) in [7, 11) is -14.9. The smallest absolute Gasteiger partial charge is 0.460 e. The minimum atomic E-state index is -3.11. The molecule has 16 heteroatoms. The van der Waals surface area contributed by atoms with Crippen LogP contribution in [0.15, 0.2) is 24.3 Å². The van der Waals surface area contributed by atoms with E-state index in [1.165, 1.54) is 0 Å². The highest BCUT2D eigenvalue weighted by Crippen LogP contribution is 2.26. The maximum Gasteiger partial charge on any atom is 0.509 e. The monoisotopic (exact) mass is 714 g/mol. The molecular formula is C26H62O9Si7. The Morgan fingerprint density at radius 1 is 0.452 bits per heavy atom. The van der Waals surface area contributed by atoms with Gasteiger partial charge >= 0.3 is 29.3 Å². The van der Waals surface area contributed by atoms with Gasteiger partial charge in [0.1, 0.15) is 6.23 Å². The predicted octanol–water partition coefficient (Wildman–Crippen LogP) is 7.56. The lowest BCUT2D eigenvalue weighted by Crippen LogP contribution is -2.63. The van der Waals surface area contributed by atoms with E-state index in [-0.39, 0.29) is 18.4 Å². The van der Waals surface area contributed by atoms with Crippen LogP contribution in [-0.2, 0) is 39.6 Å². The van der Waals surface area contributed by atoms with E-state index in [4.69, 9.17) is 30.0 Å². The number of hydrogen-bond acceptors (Lipinski definition) is 9. The summed E-state index contributed by atoms with van der Waals surface area (Å²) < 4.78 is 42.3. The van der Waals surface area contributed by atoms with E-state index in [0.29, 0.717) is 11.1 Å². The van der Waals surface area contributed by atoms with Crippen molar-refractivity contribution in [1.29, 1.82) is 0 Å². The second-order valence-corrected chi connectivity index (χ2v) is 45.0. The molecule has 0 heterocycles. The van der Waals surface area contributed by atoms with Crippen LogP contribution in [0.3, 0.4) is 0 Å². The Kier molecular flexibility index (Phi) is 17.1. The molecule has 0 aromatic heterocycles. The summed E-state index contributed by atoms with van der Waals surface area (Å²) in [5.41, 5.74) is 0.763. The standard InChI is InChI=1S/C14H34O5Si4.C12H28O4Si3/c1-13(2)14(15)16-12-23(17-20(3,4)5,18-21(6,7)8)19-22(9,10)11;1-11(2)12(13)14-10-19(9,15-17(3,4)5)16-18(6,7)8/h1,12H2,2-11H3;1,10H2,2-9H3. The third-order valence-corrected chi connectivity index (χ3v) is 24.6. The van der Waals surface area contributed by atoms with Crippen molar-refractivity contribution in [3.63, 3.8) is 0 Å². The average molecular weight is 715 g/mol. The van der Waals surface area contributed by atoms with Gasteiger partial charge in [0.2, 0.25) is 0 Å². The number of ether oxygens (including phenoxy) is 2. The number of hydrogen-bond donors (Lipinski definition) is 0. The van der Waals surface area contributed by atoms with Gasteiger partial charge in [0, 0.05) is 11.1 Å². The van der Waals surface area contributed by atoms with Gasteiger partial charge in [-0.2, -0.15) is 0 Å². The molecule has 0 aromatic carbocycles. The third-order valence-electron chi connectivity index (χ3n) is 3.97. The topological polar surface area (TPSA) is 98.8 Å². The molecule has 9 nitrogen and oxygen atoms in total. The molecule has 0 bridgehead atoms. The van der Waals surface area contributed by atoms with E-state index in [2.05, 4.69) is 111 Å². The number of rotatable bonds is 16. The third kappa shape index (κ3) is 24.1. The second-order valence-electron chi connectivity index (χ2n) is 15.6. The summed E-state index contributed by atoms with van der Waals surface area (Å²) in [6, 6.07) is 0. The molecule has 0 aromatic rings. The van der Waals surface area contributed by atoms with Gasteiger partial charge in [-0.25, -0.2) is 9.59 Å². The lowest BCUT2D eigenvalue weighted by molar-refractivity contribution is -0.138. The molecule has 0 aliphatic rings. The molecule has 0 fully saturated rings. The lowest BCUT2D eigenvalue weighted by Gasteiger charge is -2.42. The summed E-state index contributed by atoms with van der Waals surface area (Å²) in [4.78, 5) is 23.4. The SMILES string of the molecule is C=C(C)C(=O)OC[Si](C)(O[Si](C)(C)C)O[Si](C)(C)C.C=C(C)C(=O)OC[Si](O[Si](C)(C)C)(O[Si](C)(C)C)O[Si](C)(C)C. The summed E-state index contributed by atoms with van der Waals surface area (Å²) in [5.74, 6) is -0.809. The van der Waals surface area contributed by atoms with Crippen LogP contribution >= 0.6 is 0 Å². The first-order valence-corrected chi connectivity index (χ1v) is 35.8. The highest BCUT2D eigenvalue weighted by atomic mass is 28.5. The van der Waals surface area contributed by atoms with E-state index in [1.54, 1.807) is 13.8 Å². The Balaban J connectivity index is 0. The fraction of sp³-hybridized carbons (Fsp3) is 0.769. The largest absolute Gasteiger partial charge is 0.509 e. The highest BCUT2D eigenvalue weighted by Gasteiger charge is 2.51. The van der Waals surface area contributed by atoms with E-state index < -0.39 is 64.9 Å². The zero-order valence-electron chi connectivity index (χ0n) is 30.0. The van der Waals surface area contributed by atoms with Crippen molar-refractivity contribution in [2.45, 2.75) is 119 Å². The van der Waals surface area contributed by atoms with Gasteiger partial charge in [-0.05, 0) is 119 Å². The van der Waals surface area contributed by atoms with Crippen molar-refractivity contribution >= 4 is 70.9 Å². The Bertz CT molecular complexity index is 866. The highest BCUT2D eigenvalue weighted by molar-refractivity contribution is 6.90. The molecule has 0 aliphatic carbocycles. The first-order valence-electron chi connectivity index (χ1n) is 14.3. The molecule has 0 amide bonds. The Labute approximate surface area is 265 Å². The lowest BCUT2D eigenvalue weighted by atomic mass is 10.4. The van der Waals surface area contributed by atoms with Crippen LogP contribution in [0.1, 0.15) is 13.8 Å². The summed E-state index contributed by atoms with van der Waals surface area (Å²) in [5, 5.41) is 0. The molecule has 0 saturated heterocycles. The molecule has 0 rings (SSSR count). The predicted molar refractivity (Wildman–Crippen MR) is 191 cm³/mol. The summed E-state index contributed by atoms with van der Waals surface area (Å²) in [6.07, 6.45) is 0.282. The fourth-order valence-corrected chi connectivity index (χ4v) is 29.1. The minimum Gasteiger partial charge on any atom is -0.460 e. The molecule has 248 valence electrons. The summed E-state index contributed by atoms with van der Waals surface area (Å²) >= 11 is 0. The molecule has 42 heavy (non-hydrogen) atoms. The van der Waals surface area contributed by atoms with Gasteiger partial charge in [0.15, 0.2) is 47.8 Å². The van der Waals surface area contributed by atoms with E-state index in [0.717, 1.165) is 0 Å². The van der Waals surface area contributed by atoms with Crippen molar-refractivity contribution in [2.24, 2.45) is 0 Å². The molecule has 0 saturated carbocycles.